The van der Waals surface area contributed by atoms with Crippen LogP contribution in [0, 0.1) is 6.92 Å². The van der Waals surface area contributed by atoms with Gasteiger partial charge in [-0.1, -0.05) is 12.1 Å². The van der Waals surface area contributed by atoms with Crippen LogP contribution in [-0.4, -0.2) is 32.3 Å². The highest BCUT2D eigenvalue weighted by Crippen LogP contribution is 2.13. The summed E-state index contributed by atoms with van der Waals surface area (Å²) in [6.45, 7) is 3.26. The van der Waals surface area contributed by atoms with Crippen molar-refractivity contribution in [2.75, 3.05) is 12.4 Å². The molecule has 0 bridgehead atoms. The molecule has 0 saturated heterocycles. The molecular formula is C19H19N5O4. The van der Waals surface area contributed by atoms with Crippen LogP contribution in [0.4, 0.5) is 5.69 Å². The molecule has 3 aromatic rings. The first-order valence-electron chi connectivity index (χ1n) is 8.47. The van der Waals surface area contributed by atoms with E-state index in [-0.39, 0.29) is 18.3 Å². The van der Waals surface area contributed by atoms with Crippen LogP contribution in [0.3, 0.4) is 0 Å². The van der Waals surface area contributed by atoms with Crippen LogP contribution < -0.4 is 21.3 Å². The van der Waals surface area contributed by atoms with Gasteiger partial charge in [0, 0.05) is 24.5 Å². The molecular weight excluding hydrogens is 362 g/mol. The summed E-state index contributed by atoms with van der Waals surface area (Å²) in [5, 5.41) is 6.66. The molecule has 0 saturated carbocycles. The van der Waals surface area contributed by atoms with E-state index >= 15 is 0 Å². The predicted octanol–water partition coefficient (Wildman–Crippen LogP) is 1.11. The third-order valence-corrected chi connectivity index (χ3v) is 3.95. The smallest absolute Gasteiger partial charge is 0.352 e. The Morgan fingerprint density at radius 2 is 2.00 bits per heavy atom. The van der Waals surface area contributed by atoms with E-state index in [0.717, 1.165) is 14.9 Å². The van der Waals surface area contributed by atoms with E-state index in [1.807, 2.05) is 6.92 Å². The first-order valence-corrected chi connectivity index (χ1v) is 8.47. The quantitative estimate of drug-likeness (QED) is 0.709. The minimum Gasteiger partial charge on any atom is -0.476 e. The molecule has 0 aliphatic carbocycles. The fraction of sp³-hybridized carbons (Fsp3) is 0.211. The van der Waals surface area contributed by atoms with Gasteiger partial charge in [-0.25, -0.2) is 9.36 Å². The third kappa shape index (κ3) is 3.98. The van der Waals surface area contributed by atoms with E-state index in [4.69, 9.17) is 4.74 Å². The lowest BCUT2D eigenvalue weighted by Gasteiger charge is -2.12. The first-order chi connectivity index (χ1) is 13.4. The number of hydrogen-bond acceptors (Lipinski definition) is 6. The van der Waals surface area contributed by atoms with Gasteiger partial charge in [0.1, 0.15) is 0 Å². The van der Waals surface area contributed by atoms with Gasteiger partial charge < -0.3 is 10.1 Å². The molecule has 0 radical (unpaired) electrons. The summed E-state index contributed by atoms with van der Waals surface area (Å²) in [4.78, 5) is 41.0. The van der Waals surface area contributed by atoms with Gasteiger partial charge in [0.25, 0.3) is 5.88 Å². The maximum atomic E-state index is 13.0. The topological polar surface area (TPSA) is 108 Å². The molecule has 144 valence electrons. The predicted molar refractivity (Wildman–Crippen MR) is 103 cm³/mol. The van der Waals surface area contributed by atoms with Crippen molar-refractivity contribution in [1.82, 2.24) is 19.3 Å². The molecule has 28 heavy (non-hydrogen) atoms. The minimum absolute atomic E-state index is 0.0230. The molecule has 3 rings (SSSR count). The SMILES string of the molecule is COc1nn(-c2cccc(NC(C)=O)c2)c(=O)n(Cc2ccc(C)nc2)c1=O. The van der Waals surface area contributed by atoms with Crippen molar-refractivity contribution in [1.29, 1.82) is 0 Å². The number of rotatable bonds is 5. The molecule has 1 N–H and O–H groups in total. The van der Waals surface area contributed by atoms with Crippen LogP contribution in [0.1, 0.15) is 18.2 Å². The van der Waals surface area contributed by atoms with Crippen molar-refractivity contribution >= 4 is 11.6 Å². The zero-order valence-corrected chi connectivity index (χ0v) is 15.7. The van der Waals surface area contributed by atoms with Crippen LogP contribution in [0.2, 0.25) is 0 Å². The molecule has 1 aromatic carbocycles. The Labute approximate surface area is 160 Å². The molecule has 0 spiro atoms. The van der Waals surface area contributed by atoms with Crippen molar-refractivity contribution in [2.24, 2.45) is 0 Å². The lowest BCUT2D eigenvalue weighted by molar-refractivity contribution is -0.114. The van der Waals surface area contributed by atoms with Crippen molar-refractivity contribution < 1.29 is 9.53 Å². The van der Waals surface area contributed by atoms with Gasteiger partial charge >= 0.3 is 11.2 Å². The summed E-state index contributed by atoms with van der Waals surface area (Å²) in [7, 11) is 1.31. The van der Waals surface area contributed by atoms with Crippen LogP contribution >= 0.6 is 0 Å². The zero-order chi connectivity index (χ0) is 20.3. The summed E-state index contributed by atoms with van der Waals surface area (Å²) < 4.78 is 7.16. The van der Waals surface area contributed by atoms with Crippen LogP contribution in [0.25, 0.3) is 5.69 Å². The first kappa shape index (κ1) is 19.0. The number of carbonyl (C=O) groups is 1. The second-order valence-electron chi connectivity index (χ2n) is 6.13. The summed E-state index contributed by atoms with van der Waals surface area (Å²) in [6, 6.07) is 10.2. The van der Waals surface area contributed by atoms with Crippen LogP contribution in [0.5, 0.6) is 5.88 Å². The fourth-order valence-corrected chi connectivity index (χ4v) is 2.62. The molecule has 1 amide bonds. The number of nitrogens with one attached hydrogen (secondary N) is 1. The number of ether oxygens (including phenoxy) is 1. The number of aryl methyl sites for hydroxylation is 1. The lowest BCUT2D eigenvalue weighted by Crippen LogP contribution is -2.41. The van der Waals surface area contributed by atoms with Gasteiger partial charge in [-0.05, 0) is 36.8 Å². The number of anilines is 1. The number of aromatic nitrogens is 4. The Morgan fingerprint density at radius 1 is 1.21 bits per heavy atom. The Hall–Kier alpha value is -3.75. The van der Waals surface area contributed by atoms with Crippen LogP contribution in [0.15, 0.2) is 52.2 Å². The molecule has 2 aromatic heterocycles. The lowest BCUT2D eigenvalue weighted by atomic mass is 10.2. The Bertz CT molecular complexity index is 1130. The van der Waals surface area contributed by atoms with E-state index in [9.17, 15) is 14.4 Å². The highest BCUT2D eigenvalue weighted by Gasteiger charge is 2.16. The molecule has 0 fully saturated rings. The normalized spacial score (nSPS) is 10.5. The van der Waals surface area contributed by atoms with Crippen molar-refractivity contribution in [3.63, 3.8) is 0 Å². The van der Waals surface area contributed by atoms with Crippen molar-refractivity contribution in [3.05, 3.63) is 74.7 Å². The van der Waals surface area contributed by atoms with E-state index < -0.39 is 11.2 Å². The molecule has 0 unspecified atom stereocenters. The third-order valence-electron chi connectivity index (χ3n) is 3.95. The van der Waals surface area contributed by atoms with E-state index in [1.54, 1.807) is 42.6 Å². The standard InChI is InChI=1S/C19H19N5O4/c1-12-7-8-14(10-20-12)11-23-18(26)17(28-3)22-24(19(23)27)16-6-4-5-15(9-16)21-13(2)25/h4-10H,11H2,1-3H3,(H,21,25). The van der Waals surface area contributed by atoms with E-state index in [2.05, 4.69) is 15.4 Å². The number of pyridine rings is 1. The molecule has 9 nitrogen and oxygen atoms in total. The number of amides is 1. The summed E-state index contributed by atoms with van der Waals surface area (Å²) in [5.41, 5.74) is 1.13. The van der Waals surface area contributed by atoms with E-state index in [0.29, 0.717) is 16.9 Å². The monoisotopic (exact) mass is 381 g/mol. The summed E-state index contributed by atoms with van der Waals surface area (Å²) in [5.74, 6) is -0.462. The highest BCUT2D eigenvalue weighted by molar-refractivity contribution is 5.88. The van der Waals surface area contributed by atoms with Crippen molar-refractivity contribution in [2.45, 2.75) is 20.4 Å². The van der Waals surface area contributed by atoms with Crippen molar-refractivity contribution in [3.8, 4) is 11.6 Å². The number of benzene rings is 1. The fourth-order valence-electron chi connectivity index (χ4n) is 2.62. The zero-order valence-electron chi connectivity index (χ0n) is 15.7. The Kier molecular flexibility index (Phi) is 5.35. The maximum absolute atomic E-state index is 13.0. The van der Waals surface area contributed by atoms with E-state index in [1.165, 1.54) is 14.0 Å². The minimum atomic E-state index is -0.637. The average molecular weight is 381 g/mol. The van der Waals surface area contributed by atoms with Gasteiger partial charge in [0.05, 0.1) is 19.3 Å². The van der Waals surface area contributed by atoms with Gasteiger partial charge in [-0.3, -0.25) is 14.6 Å². The molecule has 0 aliphatic rings. The highest BCUT2D eigenvalue weighted by atomic mass is 16.5. The van der Waals surface area contributed by atoms with Gasteiger partial charge in [0.15, 0.2) is 0 Å². The second-order valence-corrected chi connectivity index (χ2v) is 6.13. The Morgan fingerprint density at radius 3 is 2.64 bits per heavy atom. The van der Waals surface area contributed by atoms with Gasteiger partial charge in [-0.15, -0.1) is 5.10 Å². The summed E-state index contributed by atoms with van der Waals surface area (Å²) >= 11 is 0. The molecule has 0 atom stereocenters. The molecule has 0 aliphatic heterocycles. The molecule has 9 heteroatoms. The van der Waals surface area contributed by atoms with Gasteiger partial charge in [0.2, 0.25) is 5.91 Å². The average Bonchev–Trinajstić information content (AvgIpc) is 2.66. The van der Waals surface area contributed by atoms with Crippen LogP contribution in [-0.2, 0) is 11.3 Å². The number of carbonyl (C=O) groups excluding carboxylic acids is 1. The maximum Gasteiger partial charge on any atom is 0.352 e. The Balaban J connectivity index is 2.12. The van der Waals surface area contributed by atoms with Gasteiger partial charge in [-0.2, -0.15) is 4.68 Å². The largest absolute Gasteiger partial charge is 0.476 e. The summed E-state index contributed by atoms with van der Waals surface area (Å²) in [6.07, 6.45) is 1.61. The number of nitrogens with zero attached hydrogens (tertiary/aromatic N) is 4. The number of hydrogen-bond donors (Lipinski definition) is 1. The molecule has 2 heterocycles. The second kappa shape index (κ2) is 7.87. The number of methoxy groups -OCH3 is 1.